The lowest BCUT2D eigenvalue weighted by Crippen LogP contribution is -2.45. The lowest BCUT2D eigenvalue weighted by Gasteiger charge is -2.20. The molecule has 0 aromatic rings. The van der Waals surface area contributed by atoms with Gasteiger partial charge in [0.1, 0.15) is 0 Å². The Bertz CT molecular complexity index is 1130. The van der Waals surface area contributed by atoms with Crippen LogP contribution in [0, 0.1) is 0 Å². The summed E-state index contributed by atoms with van der Waals surface area (Å²) in [6, 6.07) is -0.641. The third kappa shape index (κ3) is 55.4. The molecule has 0 aromatic heterocycles. The first-order valence-corrected chi connectivity index (χ1v) is 31.3. The fourth-order valence-electron chi connectivity index (χ4n) is 9.61. The molecule has 70 heavy (non-hydrogen) atoms. The molecule has 0 aliphatic carbocycles. The predicted molar refractivity (Wildman–Crippen MR) is 306 cm³/mol. The summed E-state index contributed by atoms with van der Waals surface area (Å²) in [5.41, 5.74) is 0. The van der Waals surface area contributed by atoms with E-state index in [-0.39, 0.29) is 18.5 Å². The normalized spacial score (nSPS) is 12.8. The highest BCUT2D eigenvalue weighted by Crippen LogP contribution is 2.17. The summed E-state index contributed by atoms with van der Waals surface area (Å²) in [5.74, 6) is -0.0947. The van der Waals surface area contributed by atoms with Gasteiger partial charge in [0.25, 0.3) is 0 Å². The number of ether oxygens (including phenoxy) is 1. The SMILES string of the molecule is CCCCCCCCCCCCCCCCCCCCC/C=C/C(O)C(CO)NC(=O)CCCCCCCCC/C=C\C/C=C\CCCCCOC(=O)CCCCCCCCCCCCCCCCC. The molecule has 0 aliphatic rings. The van der Waals surface area contributed by atoms with Crippen molar-refractivity contribution < 1.29 is 24.5 Å². The highest BCUT2D eigenvalue weighted by Gasteiger charge is 2.18. The number of rotatable bonds is 58. The monoisotopic (exact) mass is 984 g/mol. The molecule has 0 fully saturated rings. The van der Waals surface area contributed by atoms with Crippen LogP contribution in [0.3, 0.4) is 0 Å². The van der Waals surface area contributed by atoms with E-state index in [0.717, 1.165) is 83.5 Å². The maximum atomic E-state index is 12.5. The van der Waals surface area contributed by atoms with Crippen molar-refractivity contribution in [3.8, 4) is 0 Å². The van der Waals surface area contributed by atoms with Crippen molar-refractivity contribution in [3.05, 3.63) is 36.5 Å². The summed E-state index contributed by atoms with van der Waals surface area (Å²) in [5, 5.41) is 23.2. The Labute approximate surface area is 436 Å². The zero-order valence-electron chi connectivity index (χ0n) is 47.0. The van der Waals surface area contributed by atoms with E-state index in [4.69, 9.17) is 4.74 Å². The molecule has 412 valence electrons. The van der Waals surface area contributed by atoms with Crippen molar-refractivity contribution >= 4 is 11.9 Å². The van der Waals surface area contributed by atoms with E-state index in [1.165, 1.54) is 225 Å². The molecule has 0 rings (SSSR count). The molecule has 1 amide bonds. The lowest BCUT2D eigenvalue weighted by atomic mass is 10.0. The fourth-order valence-corrected chi connectivity index (χ4v) is 9.61. The van der Waals surface area contributed by atoms with Gasteiger partial charge >= 0.3 is 5.97 Å². The molecular formula is C64H121NO5. The highest BCUT2D eigenvalue weighted by molar-refractivity contribution is 5.76. The molecule has 2 unspecified atom stereocenters. The number of aliphatic hydroxyl groups excluding tert-OH is 2. The van der Waals surface area contributed by atoms with Crippen LogP contribution in [-0.2, 0) is 14.3 Å². The number of nitrogens with one attached hydrogen (secondary N) is 1. The zero-order valence-corrected chi connectivity index (χ0v) is 47.0. The Morgan fingerprint density at radius 2 is 0.714 bits per heavy atom. The first-order valence-electron chi connectivity index (χ1n) is 31.3. The summed E-state index contributed by atoms with van der Waals surface area (Å²) in [7, 11) is 0. The third-order valence-corrected chi connectivity index (χ3v) is 14.4. The maximum Gasteiger partial charge on any atom is 0.305 e. The van der Waals surface area contributed by atoms with E-state index < -0.39 is 12.1 Å². The molecule has 0 spiro atoms. The third-order valence-electron chi connectivity index (χ3n) is 14.4. The molecule has 0 radical (unpaired) electrons. The molecule has 6 nitrogen and oxygen atoms in total. The zero-order chi connectivity index (χ0) is 50.7. The van der Waals surface area contributed by atoms with E-state index in [9.17, 15) is 19.8 Å². The van der Waals surface area contributed by atoms with Gasteiger partial charge in [-0.25, -0.2) is 0 Å². The average Bonchev–Trinajstić information content (AvgIpc) is 3.36. The molecule has 0 bridgehead atoms. The number of carbonyl (C=O) groups excluding carboxylic acids is 2. The summed E-state index contributed by atoms with van der Waals surface area (Å²) in [4.78, 5) is 24.5. The minimum absolute atomic E-state index is 0.0132. The van der Waals surface area contributed by atoms with Crippen LogP contribution in [0.1, 0.15) is 335 Å². The number of hydrogen-bond acceptors (Lipinski definition) is 5. The summed E-state index contributed by atoms with van der Waals surface area (Å²) < 4.78 is 5.46. The number of unbranched alkanes of at least 4 members (excludes halogenated alkanes) is 43. The number of hydrogen-bond donors (Lipinski definition) is 3. The first kappa shape index (κ1) is 68.1. The van der Waals surface area contributed by atoms with Gasteiger partial charge in [0.05, 0.1) is 25.4 Å². The molecule has 0 heterocycles. The van der Waals surface area contributed by atoms with Crippen LogP contribution in [-0.4, -0.2) is 47.4 Å². The fraction of sp³-hybridized carbons (Fsp3) is 0.875. The first-order chi connectivity index (χ1) is 34.5. The van der Waals surface area contributed by atoms with Crippen LogP contribution in [0.25, 0.3) is 0 Å². The van der Waals surface area contributed by atoms with Crippen molar-refractivity contribution in [1.29, 1.82) is 0 Å². The standard InChI is InChI=1S/C64H121NO5/c1-3-5-7-9-11-13-15-17-19-20-21-22-23-25-29-32-36-40-44-48-52-56-62(67)61(60-66)65-63(68)57-53-49-45-41-37-33-30-26-24-27-31-35-39-43-47-51-55-59-70-64(69)58-54-50-46-42-38-34-28-18-16-14-12-10-8-6-4-2/h24,27,35,39,52,56,61-62,66-67H,3-23,25-26,28-34,36-38,40-51,53-55,57-60H2,1-2H3,(H,65,68)/b27-24-,39-35-,56-52+. The topological polar surface area (TPSA) is 95.9 Å². The summed E-state index contributed by atoms with van der Waals surface area (Å²) in [6.45, 7) is 4.88. The molecule has 2 atom stereocenters. The minimum Gasteiger partial charge on any atom is -0.466 e. The van der Waals surface area contributed by atoms with Crippen LogP contribution in [0.4, 0.5) is 0 Å². The smallest absolute Gasteiger partial charge is 0.305 e. The quantitative estimate of drug-likeness (QED) is 0.0321. The molecule has 3 N–H and O–H groups in total. The van der Waals surface area contributed by atoms with Crippen LogP contribution in [0.2, 0.25) is 0 Å². The number of allylic oxidation sites excluding steroid dienone is 5. The number of carbonyl (C=O) groups is 2. The molecule has 0 saturated carbocycles. The summed E-state index contributed by atoms with van der Waals surface area (Å²) in [6.07, 6.45) is 74.7. The van der Waals surface area contributed by atoms with E-state index in [0.29, 0.717) is 19.4 Å². The van der Waals surface area contributed by atoms with Crippen LogP contribution in [0.5, 0.6) is 0 Å². The van der Waals surface area contributed by atoms with Crippen LogP contribution >= 0.6 is 0 Å². The largest absolute Gasteiger partial charge is 0.466 e. The average molecular weight is 985 g/mol. The lowest BCUT2D eigenvalue weighted by molar-refractivity contribution is -0.143. The summed E-state index contributed by atoms with van der Waals surface area (Å²) >= 11 is 0. The van der Waals surface area contributed by atoms with Gasteiger partial charge in [0, 0.05) is 12.8 Å². The van der Waals surface area contributed by atoms with E-state index in [1.807, 2.05) is 6.08 Å². The van der Waals surface area contributed by atoms with Gasteiger partial charge in [-0.05, 0) is 70.6 Å². The molecule has 0 aromatic carbocycles. The Morgan fingerprint density at radius 3 is 1.09 bits per heavy atom. The molecule has 6 heteroatoms. The Hall–Kier alpha value is -1.92. The molecular weight excluding hydrogens is 863 g/mol. The van der Waals surface area contributed by atoms with Gasteiger partial charge in [0.15, 0.2) is 0 Å². The second-order valence-corrected chi connectivity index (χ2v) is 21.4. The highest BCUT2D eigenvalue weighted by atomic mass is 16.5. The Morgan fingerprint density at radius 1 is 0.400 bits per heavy atom. The second kappa shape index (κ2) is 59.6. The number of amides is 1. The van der Waals surface area contributed by atoms with Crippen molar-refractivity contribution in [1.82, 2.24) is 5.32 Å². The van der Waals surface area contributed by atoms with E-state index >= 15 is 0 Å². The van der Waals surface area contributed by atoms with E-state index in [1.54, 1.807) is 6.08 Å². The van der Waals surface area contributed by atoms with Gasteiger partial charge in [-0.1, -0.05) is 288 Å². The van der Waals surface area contributed by atoms with Gasteiger partial charge in [-0.15, -0.1) is 0 Å². The Kier molecular flexibility index (Phi) is 58.0. The number of aliphatic hydroxyl groups is 2. The van der Waals surface area contributed by atoms with Gasteiger partial charge < -0.3 is 20.3 Å². The van der Waals surface area contributed by atoms with Crippen molar-refractivity contribution in [2.45, 2.75) is 347 Å². The molecule has 0 saturated heterocycles. The van der Waals surface area contributed by atoms with Gasteiger partial charge in [-0.2, -0.15) is 0 Å². The van der Waals surface area contributed by atoms with E-state index in [2.05, 4.69) is 43.5 Å². The molecule has 0 aliphatic heterocycles. The van der Waals surface area contributed by atoms with Gasteiger partial charge in [0.2, 0.25) is 5.91 Å². The minimum atomic E-state index is -0.856. The predicted octanol–water partition coefficient (Wildman–Crippen LogP) is 19.6. The maximum absolute atomic E-state index is 12.5. The van der Waals surface area contributed by atoms with Crippen molar-refractivity contribution in [2.75, 3.05) is 13.2 Å². The second-order valence-electron chi connectivity index (χ2n) is 21.4. The van der Waals surface area contributed by atoms with Crippen LogP contribution < -0.4 is 5.32 Å². The van der Waals surface area contributed by atoms with Gasteiger partial charge in [-0.3, -0.25) is 9.59 Å². The van der Waals surface area contributed by atoms with Crippen molar-refractivity contribution in [2.24, 2.45) is 0 Å². The van der Waals surface area contributed by atoms with Crippen molar-refractivity contribution in [3.63, 3.8) is 0 Å². The van der Waals surface area contributed by atoms with Crippen LogP contribution in [0.15, 0.2) is 36.5 Å². The Balaban J connectivity index is 3.52. The number of esters is 1.